The summed E-state index contributed by atoms with van der Waals surface area (Å²) in [6.07, 6.45) is 0.928. The first-order valence-corrected chi connectivity index (χ1v) is 6.63. The summed E-state index contributed by atoms with van der Waals surface area (Å²) < 4.78 is 0. The van der Waals surface area contributed by atoms with Crippen LogP contribution in [0.15, 0.2) is 23.1 Å². The summed E-state index contributed by atoms with van der Waals surface area (Å²) in [6.45, 7) is 6.76. The molecule has 0 saturated carbocycles. The van der Waals surface area contributed by atoms with Crippen molar-refractivity contribution in [2.75, 3.05) is 6.54 Å². The van der Waals surface area contributed by atoms with E-state index < -0.39 is 0 Å². The van der Waals surface area contributed by atoms with Gasteiger partial charge in [-0.3, -0.25) is 4.79 Å². The number of benzene rings is 1. The normalized spacial score (nSPS) is 12.3. The molecule has 94 valence electrons. The van der Waals surface area contributed by atoms with E-state index in [-0.39, 0.29) is 11.9 Å². The zero-order valence-electron chi connectivity index (χ0n) is 10.4. The first-order chi connectivity index (χ1) is 8.01. The molecule has 0 spiro atoms. The second-order valence-electron chi connectivity index (χ2n) is 4.01. The third-order valence-electron chi connectivity index (χ3n) is 2.90. The van der Waals surface area contributed by atoms with E-state index in [1.165, 1.54) is 0 Å². The van der Waals surface area contributed by atoms with E-state index in [9.17, 15) is 4.79 Å². The Morgan fingerprint density at radius 3 is 2.65 bits per heavy atom. The van der Waals surface area contributed by atoms with E-state index in [0.717, 1.165) is 11.3 Å². The lowest BCUT2D eigenvalue weighted by Crippen LogP contribution is -2.38. The zero-order valence-corrected chi connectivity index (χ0v) is 12.1. The molecule has 1 rings (SSSR count). The number of hydrogen-bond donors (Lipinski definition) is 1. The molecule has 1 amide bonds. The molecule has 2 nitrogen and oxygen atoms in total. The fourth-order valence-corrected chi connectivity index (χ4v) is 2.11. The van der Waals surface area contributed by atoms with Gasteiger partial charge in [0.15, 0.2) is 0 Å². The van der Waals surface area contributed by atoms with Gasteiger partial charge in [0, 0.05) is 17.5 Å². The highest BCUT2D eigenvalue weighted by Crippen LogP contribution is 2.22. The largest absolute Gasteiger partial charge is 0.336 e. The molecule has 0 heterocycles. The molecule has 1 aromatic carbocycles. The number of hydrogen-bond acceptors (Lipinski definition) is 2. The van der Waals surface area contributed by atoms with E-state index in [0.29, 0.717) is 17.1 Å². The van der Waals surface area contributed by atoms with Crippen LogP contribution in [0.25, 0.3) is 0 Å². The maximum absolute atomic E-state index is 12.4. The molecule has 0 aliphatic carbocycles. The second-order valence-corrected chi connectivity index (χ2v) is 4.94. The molecule has 0 bridgehead atoms. The standard InChI is InChI=1S/C13H18ClNOS/c1-4-9(3)15(5-2)13(16)11-8-10(17)6-7-12(11)14/h6-9,17H,4-5H2,1-3H3. The minimum Gasteiger partial charge on any atom is -0.336 e. The Kier molecular flexibility index (Phi) is 5.34. The molecule has 0 aliphatic heterocycles. The van der Waals surface area contributed by atoms with Crippen molar-refractivity contribution >= 4 is 30.1 Å². The highest BCUT2D eigenvalue weighted by Gasteiger charge is 2.20. The van der Waals surface area contributed by atoms with Crippen LogP contribution in [0.2, 0.25) is 5.02 Å². The molecule has 17 heavy (non-hydrogen) atoms. The van der Waals surface area contributed by atoms with E-state index in [4.69, 9.17) is 11.6 Å². The fourth-order valence-electron chi connectivity index (χ4n) is 1.71. The van der Waals surface area contributed by atoms with E-state index in [1.54, 1.807) is 18.2 Å². The van der Waals surface area contributed by atoms with Gasteiger partial charge in [0.25, 0.3) is 5.91 Å². The molecule has 1 aromatic rings. The molecule has 1 atom stereocenters. The Morgan fingerprint density at radius 2 is 2.12 bits per heavy atom. The first-order valence-electron chi connectivity index (χ1n) is 5.80. The lowest BCUT2D eigenvalue weighted by atomic mass is 10.1. The Balaban J connectivity index is 3.05. The van der Waals surface area contributed by atoms with Crippen LogP contribution in [0.1, 0.15) is 37.6 Å². The first kappa shape index (κ1) is 14.4. The average Bonchev–Trinajstić information content (AvgIpc) is 2.32. The van der Waals surface area contributed by atoms with Crippen LogP contribution in [0.5, 0.6) is 0 Å². The Labute approximate surface area is 113 Å². The maximum atomic E-state index is 12.4. The maximum Gasteiger partial charge on any atom is 0.255 e. The molecule has 1 unspecified atom stereocenters. The van der Waals surface area contributed by atoms with Gasteiger partial charge in [-0.1, -0.05) is 18.5 Å². The highest BCUT2D eigenvalue weighted by atomic mass is 35.5. The summed E-state index contributed by atoms with van der Waals surface area (Å²) in [5.41, 5.74) is 0.529. The molecule has 0 radical (unpaired) electrons. The SMILES string of the molecule is CCC(C)N(CC)C(=O)c1cc(S)ccc1Cl. The predicted molar refractivity (Wildman–Crippen MR) is 75.2 cm³/mol. The van der Waals surface area contributed by atoms with Crippen LogP contribution in [0.4, 0.5) is 0 Å². The van der Waals surface area contributed by atoms with Crippen molar-refractivity contribution in [1.29, 1.82) is 0 Å². The summed E-state index contributed by atoms with van der Waals surface area (Å²) >= 11 is 10.3. The van der Waals surface area contributed by atoms with Gasteiger partial charge in [0.05, 0.1) is 10.6 Å². The molecule has 0 aliphatic rings. The third kappa shape index (κ3) is 3.39. The van der Waals surface area contributed by atoms with E-state index in [1.807, 2.05) is 18.7 Å². The average molecular weight is 272 g/mol. The molecule has 0 N–H and O–H groups in total. The number of halogens is 1. The predicted octanol–water partition coefficient (Wildman–Crippen LogP) is 3.89. The summed E-state index contributed by atoms with van der Waals surface area (Å²) in [7, 11) is 0. The minimum absolute atomic E-state index is 0.0252. The Bertz CT molecular complexity index is 408. The van der Waals surface area contributed by atoms with Crippen molar-refractivity contribution in [3.05, 3.63) is 28.8 Å². The topological polar surface area (TPSA) is 20.3 Å². The summed E-state index contributed by atoms with van der Waals surface area (Å²) in [5.74, 6) is -0.0252. The number of amides is 1. The Hall–Kier alpha value is -0.670. The fraction of sp³-hybridized carbons (Fsp3) is 0.462. The third-order valence-corrected chi connectivity index (χ3v) is 3.51. The van der Waals surface area contributed by atoms with Crippen molar-refractivity contribution in [3.8, 4) is 0 Å². The quantitative estimate of drug-likeness (QED) is 0.824. The molecule has 0 saturated heterocycles. The van der Waals surface area contributed by atoms with Crippen molar-refractivity contribution < 1.29 is 4.79 Å². The number of rotatable bonds is 4. The van der Waals surface area contributed by atoms with Crippen LogP contribution in [0.3, 0.4) is 0 Å². The molecular formula is C13H18ClNOS. The summed E-state index contributed by atoms with van der Waals surface area (Å²) in [4.78, 5) is 14.9. The number of thiol groups is 1. The van der Waals surface area contributed by atoms with Crippen molar-refractivity contribution in [2.45, 2.75) is 38.1 Å². The van der Waals surface area contributed by atoms with Crippen LogP contribution in [-0.4, -0.2) is 23.4 Å². The minimum atomic E-state index is -0.0252. The van der Waals surface area contributed by atoms with Crippen molar-refractivity contribution in [2.24, 2.45) is 0 Å². The number of nitrogens with zero attached hydrogens (tertiary/aromatic N) is 1. The van der Waals surface area contributed by atoms with Crippen molar-refractivity contribution in [1.82, 2.24) is 4.90 Å². The van der Waals surface area contributed by atoms with Gasteiger partial charge >= 0.3 is 0 Å². The van der Waals surface area contributed by atoms with Gasteiger partial charge in [-0.2, -0.15) is 0 Å². The van der Waals surface area contributed by atoms with Gasteiger partial charge in [-0.15, -0.1) is 12.6 Å². The molecular weight excluding hydrogens is 254 g/mol. The Morgan fingerprint density at radius 1 is 1.47 bits per heavy atom. The van der Waals surface area contributed by atoms with Crippen LogP contribution in [-0.2, 0) is 0 Å². The summed E-state index contributed by atoms with van der Waals surface area (Å²) in [5, 5.41) is 0.481. The smallest absolute Gasteiger partial charge is 0.255 e. The molecule has 0 fully saturated rings. The van der Waals surface area contributed by atoms with Gasteiger partial charge in [-0.25, -0.2) is 0 Å². The van der Waals surface area contributed by atoms with Gasteiger partial charge in [-0.05, 0) is 38.5 Å². The molecule has 0 aromatic heterocycles. The van der Waals surface area contributed by atoms with Gasteiger partial charge < -0.3 is 4.90 Å². The number of carbonyl (C=O) groups excluding carboxylic acids is 1. The lowest BCUT2D eigenvalue weighted by Gasteiger charge is -2.27. The van der Waals surface area contributed by atoms with Gasteiger partial charge in [0.1, 0.15) is 0 Å². The second kappa shape index (κ2) is 6.31. The van der Waals surface area contributed by atoms with E-state index >= 15 is 0 Å². The zero-order chi connectivity index (χ0) is 13.0. The van der Waals surface area contributed by atoms with Crippen LogP contribution < -0.4 is 0 Å². The lowest BCUT2D eigenvalue weighted by molar-refractivity contribution is 0.0700. The van der Waals surface area contributed by atoms with Crippen LogP contribution >= 0.6 is 24.2 Å². The van der Waals surface area contributed by atoms with Crippen molar-refractivity contribution in [3.63, 3.8) is 0 Å². The number of carbonyl (C=O) groups is 1. The van der Waals surface area contributed by atoms with Crippen LogP contribution in [0, 0.1) is 0 Å². The molecule has 4 heteroatoms. The van der Waals surface area contributed by atoms with Gasteiger partial charge in [0.2, 0.25) is 0 Å². The van der Waals surface area contributed by atoms with E-state index in [2.05, 4.69) is 19.6 Å². The highest BCUT2D eigenvalue weighted by molar-refractivity contribution is 7.80. The monoisotopic (exact) mass is 271 g/mol. The summed E-state index contributed by atoms with van der Waals surface area (Å²) in [6, 6.07) is 5.43.